The van der Waals surface area contributed by atoms with Crippen LogP contribution in [0.15, 0.2) is 12.2 Å². The quantitative estimate of drug-likeness (QED) is 0.0658. The van der Waals surface area contributed by atoms with Crippen LogP contribution in [-0.4, -0.2) is 59.8 Å². The van der Waals surface area contributed by atoms with Crippen molar-refractivity contribution in [3.63, 3.8) is 0 Å². The average Bonchev–Trinajstić information content (AvgIpc) is 3.32. The lowest BCUT2D eigenvalue weighted by Gasteiger charge is -2.40. The Labute approximate surface area is 251 Å². The van der Waals surface area contributed by atoms with Gasteiger partial charge in [-0.15, -0.1) is 0 Å². The van der Waals surface area contributed by atoms with Gasteiger partial charge in [0.15, 0.2) is 16.6 Å². The Bertz CT molecular complexity index is 945. The number of rotatable bonds is 14. The highest BCUT2D eigenvalue weighted by Crippen LogP contribution is 2.50. The van der Waals surface area contributed by atoms with Gasteiger partial charge in [-0.3, -0.25) is 14.4 Å². The first-order valence-electron chi connectivity index (χ1n) is 15.6. The number of Topliss-reactive ketones (excluding diaryl/α,β-unsaturated/α-hetero) is 1. The molecule has 0 aromatic heterocycles. The molecule has 1 saturated carbocycles. The highest BCUT2D eigenvalue weighted by Gasteiger charge is 2.59. The van der Waals surface area contributed by atoms with Gasteiger partial charge in [-0.25, -0.2) is 0 Å². The third kappa shape index (κ3) is 9.10. The predicted octanol–water partition coefficient (Wildman–Crippen LogP) is 7.60. The molecule has 1 saturated heterocycles. The summed E-state index contributed by atoms with van der Waals surface area (Å²) in [5.74, 6) is -2.56. The van der Waals surface area contributed by atoms with E-state index < -0.39 is 34.5 Å². The molecule has 1 unspecified atom stereocenters. The lowest BCUT2D eigenvalue weighted by Crippen LogP contribution is -2.45. The van der Waals surface area contributed by atoms with E-state index in [-0.39, 0.29) is 58.8 Å². The van der Waals surface area contributed by atoms with Crippen molar-refractivity contribution in [3.8, 4) is 0 Å². The van der Waals surface area contributed by atoms with Crippen LogP contribution in [0.5, 0.6) is 0 Å². The second-order valence-electron chi connectivity index (χ2n) is 15.1. The van der Waals surface area contributed by atoms with Crippen LogP contribution < -0.4 is 0 Å². The summed E-state index contributed by atoms with van der Waals surface area (Å²) in [4.78, 5) is 38.1. The molecule has 1 aliphatic carbocycles. The van der Waals surface area contributed by atoms with Crippen LogP contribution in [0.25, 0.3) is 0 Å². The van der Waals surface area contributed by atoms with Gasteiger partial charge in [0.2, 0.25) is 0 Å². The van der Waals surface area contributed by atoms with Crippen LogP contribution in [0.3, 0.4) is 0 Å². The first-order valence-corrected chi connectivity index (χ1v) is 21.4. The van der Waals surface area contributed by atoms with Gasteiger partial charge in [-0.05, 0) is 42.7 Å². The molecule has 9 heteroatoms. The molecule has 7 nitrogen and oxygen atoms in total. The number of esters is 2. The SMILES string of the molecule is CCCCC[C@@H](/C=C/[C@@H]1[C@H]2C(C(=O)CCC(=O)OC)C(=O)O[C@H]2C[C@H]1O[Si](C)(C)C(C)(C)C)O[Si](C)(C)C(C)(C)C. The Morgan fingerprint density at radius 2 is 1.61 bits per heavy atom. The molecule has 0 spiro atoms. The van der Waals surface area contributed by atoms with Crippen molar-refractivity contribution in [1.82, 2.24) is 0 Å². The number of carbonyl (C=O) groups excluding carboxylic acids is 3. The van der Waals surface area contributed by atoms with Crippen molar-refractivity contribution in [2.75, 3.05) is 7.11 Å². The largest absolute Gasteiger partial charge is 0.469 e. The van der Waals surface area contributed by atoms with Crippen molar-refractivity contribution in [1.29, 1.82) is 0 Å². The second kappa shape index (κ2) is 14.0. The van der Waals surface area contributed by atoms with Crippen LogP contribution in [0.2, 0.25) is 36.3 Å². The maximum atomic E-state index is 13.3. The normalized spacial score (nSPS) is 26.2. The topological polar surface area (TPSA) is 88.1 Å². The van der Waals surface area contributed by atoms with E-state index in [4.69, 9.17) is 18.3 Å². The molecule has 2 rings (SSSR count). The van der Waals surface area contributed by atoms with Gasteiger partial charge >= 0.3 is 11.9 Å². The summed E-state index contributed by atoms with van der Waals surface area (Å²) in [6.45, 7) is 24.7. The highest BCUT2D eigenvalue weighted by atomic mass is 28.4. The smallest absolute Gasteiger partial charge is 0.317 e. The second-order valence-corrected chi connectivity index (χ2v) is 24.6. The number of ketones is 1. The maximum Gasteiger partial charge on any atom is 0.317 e. The standard InChI is InChI=1S/C32H58O7Si2/c1-13-14-15-16-22(38-40(9,10)31(2,3)4)17-18-23-25(39-41(11,12)32(5,6)7)21-26-28(23)29(30(35)37-26)24(33)19-20-27(34)36-8/h17-18,22-23,25-26,28-29H,13-16,19-21H2,1-12H3/b18-17+/t22-,23-,25+,26-,28+,29?/m0/s1. The molecule has 1 heterocycles. The molecule has 0 N–H and O–H groups in total. The molecule has 0 aromatic rings. The van der Waals surface area contributed by atoms with E-state index in [0.717, 1.165) is 25.7 Å². The molecule has 0 radical (unpaired) electrons. The average molecular weight is 611 g/mol. The minimum absolute atomic E-state index is 0.0134. The zero-order valence-electron chi connectivity index (χ0n) is 27.9. The molecule has 2 aliphatic rings. The summed E-state index contributed by atoms with van der Waals surface area (Å²) < 4.78 is 24.4. The van der Waals surface area contributed by atoms with Crippen molar-refractivity contribution in [2.45, 2.75) is 148 Å². The number of unbranched alkanes of at least 4 members (excludes halogenated alkanes) is 2. The molecule has 236 valence electrons. The molecular weight excluding hydrogens is 553 g/mol. The fraction of sp³-hybridized carbons (Fsp3) is 0.844. The number of hydrogen-bond acceptors (Lipinski definition) is 7. The van der Waals surface area contributed by atoms with Crippen LogP contribution in [0.1, 0.15) is 93.4 Å². The maximum absolute atomic E-state index is 13.3. The molecule has 41 heavy (non-hydrogen) atoms. The minimum atomic E-state index is -2.15. The van der Waals surface area contributed by atoms with Crippen LogP contribution >= 0.6 is 0 Å². The van der Waals surface area contributed by atoms with E-state index in [9.17, 15) is 14.4 Å². The van der Waals surface area contributed by atoms with E-state index in [1.54, 1.807) is 0 Å². The predicted molar refractivity (Wildman–Crippen MR) is 169 cm³/mol. The number of ether oxygens (including phenoxy) is 2. The molecule has 1 aliphatic heterocycles. The fourth-order valence-corrected chi connectivity index (χ4v) is 8.01. The first kappa shape index (κ1) is 35.9. The van der Waals surface area contributed by atoms with Gasteiger partial charge in [-0.1, -0.05) is 79.9 Å². The number of fused-ring (bicyclic) bond motifs is 1. The van der Waals surface area contributed by atoms with Gasteiger partial charge in [0.05, 0.1) is 25.7 Å². The molecule has 0 aromatic carbocycles. The summed E-state index contributed by atoms with van der Waals surface area (Å²) in [7, 11) is -2.88. The van der Waals surface area contributed by atoms with Gasteiger partial charge in [-0.2, -0.15) is 0 Å². The molecule has 0 bridgehead atoms. The first-order chi connectivity index (χ1) is 18.8. The van der Waals surface area contributed by atoms with Crippen molar-refractivity contribution >= 4 is 34.4 Å². The van der Waals surface area contributed by atoms with E-state index in [2.05, 4.69) is 86.8 Å². The Kier molecular flexibility index (Phi) is 12.3. The van der Waals surface area contributed by atoms with E-state index in [0.29, 0.717) is 6.42 Å². The van der Waals surface area contributed by atoms with Crippen LogP contribution in [0.4, 0.5) is 0 Å². The Balaban J connectivity index is 2.45. The number of carbonyl (C=O) groups is 3. The third-order valence-electron chi connectivity index (χ3n) is 9.97. The van der Waals surface area contributed by atoms with Crippen molar-refractivity contribution < 1.29 is 32.7 Å². The molecule has 0 amide bonds. The lowest BCUT2D eigenvalue weighted by molar-refractivity contribution is -0.149. The summed E-state index contributed by atoms with van der Waals surface area (Å²) in [6.07, 6.45) is 8.58. The Morgan fingerprint density at radius 3 is 2.15 bits per heavy atom. The van der Waals surface area contributed by atoms with E-state index in [1.165, 1.54) is 7.11 Å². The van der Waals surface area contributed by atoms with Crippen molar-refractivity contribution in [2.24, 2.45) is 17.8 Å². The van der Waals surface area contributed by atoms with Gasteiger partial charge in [0.25, 0.3) is 0 Å². The van der Waals surface area contributed by atoms with Crippen LogP contribution in [-0.2, 0) is 32.7 Å². The zero-order valence-corrected chi connectivity index (χ0v) is 29.9. The number of hydrogen-bond donors (Lipinski definition) is 0. The summed E-state index contributed by atoms with van der Waals surface area (Å²) in [6, 6.07) is 0. The summed E-state index contributed by atoms with van der Waals surface area (Å²) in [5.41, 5.74) is 0. The fourth-order valence-electron chi connectivity index (χ4n) is 5.34. The van der Waals surface area contributed by atoms with Crippen LogP contribution in [0, 0.1) is 17.8 Å². The minimum Gasteiger partial charge on any atom is -0.469 e. The van der Waals surface area contributed by atoms with Gasteiger partial charge in [0.1, 0.15) is 17.8 Å². The number of methoxy groups -OCH3 is 1. The van der Waals surface area contributed by atoms with Gasteiger partial charge < -0.3 is 18.3 Å². The Hall–Kier alpha value is -1.30. The van der Waals surface area contributed by atoms with Gasteiger partial charge in [0, 0.05) is 24.7 Å². The zero-order chi connectivity index (χ0) is 31.4. The lowest BCUT2D eigenvalue weighted by atomic mass is 9.80. The summed E-state index contributed by atoms with van der Waals surface area (Å²) >= 11 is 0. The van der Waals surface area contributed by atoms with E-state index in [1.807, 2.05) is 0 Å². The molecular formula is C32H58O7Si2. The Morgan fingerprint density at radius 1 is 1.00 bits per heavy atom. The molecule has 2 fully saturated rings. The van der Waals surface area contributed by atoms with E-state index >= 15 is 0 Å². The monoisotopic (exact) mass is 610 g/mol. The summed E-state index contributed by atoms with van der Waals surface area (Å²) in [5, 5.41) is 0.0959. The third-order valence-corrected chi connectivity index (χ3v) is 19.0. The van der Waals surface area contributed by atoms with Crippen molar-refractivity contribution in [3.05, 3.63) is 12.2 Å². The highest BCUT2D eigenvalue weighted by molar-refractivity contribution is 6.74. The molecule has 6 atom stereocenters.